The van der Waals surface area contributed by atoms with Crippen LogP contribution in [0, 0.1) is 20.8 Å². The van der Waals surface area contributed by atoms with Gasteiger partial charge in [-0.3, -0.25) is 9.48 Å². The minimum absolute atomic E-state index is 0.0601. The predicted octanol–water partition coefficient (Wildman–Crippen LogP) is 4.14. The third-order valence-corrected chi connectivity index (χ3v) is 7.09. The third kappa shape index (κ3) is 5.75. The average molecular weight is 505 g/mol. The molecule has 1 aromatic heterocycles. The zero-order valence-electron chi connectivity index (χ0n) is 20.4. The number of sulfonamides is 1. The topological polar surface area (TPSA) is 116 Å². The van der Waals surface area contributed by atoms with Gasteiger partial charge in [-0.2, -0.15) is 0 Å². The van der Waals surface area contributed by atoms with Crippen molar-refractivity contribution in [3.8, 4) is 5.88 Å². The Morgan fingerprint density at radius 2 is 1.67 bits per heavy atom. The van der Waals surface area contributed by atoms with Gasteiger partial charge in [0.1, 0.15) is 12.3 Å². The van der Waals surface area contributed by atoms with Crippen molar-refractivity contribution in [2.24, 2.45) is 0 Å². The van der Waals surface area contributed by atoms with Crippen LogP contribution in [0.5, 0.6) is 5.88 Å². The summed E-state index contributed by atoms with van der Waals surface area (Å²) in [6, 6.07) is 20.9. The Morgan fingerprint density at radius 3 is 2.33 bits per heavy atom. The summed E-state index contributed by atoms with van der Waals surface area (Å²) in [6.07, 6.45) is 0. The highest BCUT2D eigenvalue weighted by atomic mass is 32.2. The van der Waals surface area contributed by atoms with Gasteiger partial charge in [-0.05, 0) is 61.2 Å². The fourth-order valence-electron chi connectivity index (χ4n) is 4.02. The van der Waals surface area contributed by atoms with E-state index in [0.29, 0.717) is 0 Å². The van der Waals surface area contributed by atoms with Gasteiger partial charge in [-0.25, -0.2) is 13.1 Å². The zero-order chi connectivity index (χ0) is 25.9. The molecule has 36 heavy (non-hydrogen) atoms. The summed E-state index contributed by atoms with van der Waals surface area (Å²) in [7, 11) is -4.15. The molecule has 0 fully saturated rings. The molecule has 1 amide bonds. The van der Waals surface area contributed by atoms with E-state index in [9.17, 15) is 13.2 Å². The fraction of sp³-hybridized carbons (Fsp3) is 0.185. The maximum absolute atomic E-state index is 13.2. The van der Waals surface area contributed by atoms with Crippen LogP contribution in [0.4, 0.5) is 5.69 Å². The van der Waals surface area contributed by atoms with Gasteiger partial charge in [0.15, 0.2) is 0 Å². The first-order chi connectivity index (χ1) is 17.1. The smallest absolute Gasteiger partial charge is 0.283 e. The number of rotatable bonds is 8. The highest BCUT2D eigenvalue weighted by Crippen LogP contribution is 2.22. The van der Waals surface area contributed by atoms with E-state index >= 15 is 0 Å². The van der Waals surface area contributed by atoms with E-state index in [1.807, 2.05) is 51.1 Å². The van der Waals surface area contributed by atoms with E-state index in [4.69, 9.17) is 10.5 Å². The second-order valence-corrected chi connectivity index (χ2v) is 10.4. The van der Waals surface area contributed by atoms with Gasteiger partial charge in [0.05, 0.1) is 11.4 Å². The molecule has 0 bridgehead atoms. The number of nitrogens with zero attached hydrogens (tertiary/aromatic N) is 2. The highest BCUT2D eigenvalue weighted by Gasteiger charge is 2.24. The number of amides is 1. The van der Waals surface area contributed by atoms with Gasteiger partial charge >= 0.3 is 0 Å². The molecule has 8 nitrogen and oxygen atoms in total. The number of nitrogen functional groups attached to an aromatic ring is 1. The lowest BCUT2D eigenvalue weighted by molar-refractivity contribution is 0.0971. The van der Waals surface area contributed by atoms with Crippen molar-refractivity contribution in [3.05, 3.63) is 106 Å². The Kier molecular flexibility index (Phi) is 7.12. The second kappa shape index (κ2) is 10.2. The van der Waals surface area contributed by atoms with Crippen molar-refractivity contribution in [1.29, 1.82) is 0 Å². The molecule has 1 heterocycles. The van der Waals surface area contributed by atoms with E-state index in [-0.39, 0.29) is 35.3 Å². The van der Waals surface area contributed by atoms with Gasteiger partial charge in [0, 0.05) is 11.8 Å². The van der Waals surface area contributed by atoms with Crippen LogP contribution in [0.3, 0.4) is 0 Å². The third-order valence-electron chi connectivity index (χ3n) is 5.76. The SMILES string of the molecule is Cc1cc(C)c(Cn2nc(OCc3ccccc3)cc2C(=O)NS(=O)(=O)c2cccc(N)c2)c(C)c1. The summed E-state index contributed by atoms with van der Waals surface area (Å²) < 4.78 is 35.1. The molecule has 0 aliphatic carbocycles. The van der Waals surface area contributed by atoms with E-state index in [2.05, 4.69) is 22.0 Å². The Bertz CT molecular complexity index is 1490. The molecule has 0 atom stereocenters. The largest absolute Gasteiger partial charge is 0.472 e. The molecule has 0 aliphatic rings. The molecule has 3 N–H and O–H groups in total. The summed E-state index contributed by atoms with van der Waals surface area (Å²) in [5, 5.41) is 4.48. The number of carbonyl (C=O) groups is 1. The molecule has 4 rings (SSSR count). The number of nitrogens with one attached hydrogen (secondary N) is 1. The number of ether oxygens (including phenoxy) is 1. The van der Waals surface area contributed by atoms with E-state index in [1.54, 1.807) is 6.07 Å². The maximum Gasteiger partial charge on any atom is 0.283 e. The molecule has 0 radical (unpaired) electrons. The van der Waals surface area contributed by atoms with Crippen molar-refractivity contribution in [1.82, 2.24) is 14.5 Å². The van der Waals surface area contributed by atoms with Crippen LogP contribution in [0.15, 0.2) is 77.7 Å². The molecular formula is C27H28N4O4S. The quantitative estimate of drug-likeness (QED) is 0.349. The molecule has 4 aromatic rings. The van der Waals surface area contributed by atoms with Crippen LogP contribution < -0.4 is 15.2 Å². The van der Waals surface area contributed by atoms with E-state index in [0.717, 1.165) is 27.8 Å². The molecule has 3 aromatic carbocycles. The predicted molar refractivity (Wildman–Crippen MR) is 138 cm³/mol. The van der Waals surface area contributed by atoms with Gasteiger partial charge in [0.25, 0.3) is 15.9 Å². The number of nitrogens with two attached hydrogens (primary N) is 1. The van der Waals surface area contributed by atoms with Crippen LogP contribution in [0.2, 0.25) is 0 Å². The monoisotopic (exact) mass is 504 g/mol. The minimum Gasteiger partial charge on any atom is -0.472 e. The molecule has 0 saturated carbocycles. The molecular weight excluding hydrogens is 476 g/mol. The molecule has 0 aliphatic heterocycles. The lowest BCUT2D eigenvalue weighted by atomic mass is 10.00. The van der Waals surface area contributed by atoms with Crippen molar-refractivity contribution < 1.29 is 17.9 Å². The Labute approximate surface area is 210 Å². The van der Waals surface area contributed by atoms with Crippen molar-refractivity contribution >= 4 is 21.6 Å². The lowest BCUT2D eigenvalue weighted by Gasteiger charge is -2.14. The van der Waals surface area contributed by atoms with E-state index < -0.39 is 15.9 Å². The van der Waals surface area contributed by atoms with E-state index in [1.165, 1.54) is 28.9 Å². The number of aromatic nitrogens is 2. The first kappa shape index (κ1) is 25.0. The number of aryl methyl sites for hydroxylation is 3. The molecule has 0 saturated heterocycles. The number of hydrogen-bond donors (Lipinski definition) is 2. The summed E-state index contributed by atoms with van der Waals surface area (Å²) in [5.74, 6) is -0.602. The number of hydrogen-bond acceptors (Lipinski definition) is 6. The molecule has 186 valence electrons. The van der Waals surface area contributed by atoms with Gasteiger partial charge in [0.2, 0.25) is 5.88 Å². The average Bonchev–Trinajstić information content (AvgIpc) is 3.23. The normalized spacial score (nSPS) is 11.3. The summed E-state index contributed by atoms with van der Waals surface area (Å²) in [5.41, 5.74) is 11.2. The van der Waals surface area contributed by atoms with Crippen molar-refractivity contribution in [2.75, 3.05) is 5.73 Å². The molecule has 9 heteroatoms. The van der Waals surface area contributed by atoms with Gasteiger partial charge in [-0.15, -0.1) is 5.10 Å². The number of benzene rings is 3. The van der Waals surface area contributed by atoms with Crippen LogP contribution in [0.25, 0.3) is 0 Å². The van der Waals surface area contributed by atoms with Crippen molar-refractivity contribution in [3.63, 3.8) is 0 Å². The van der Waals surface area contributed by atoms with Gasteiger partial charge in [-0.1, -0.05) is 54.1 Å². The Hall–Kier alpha value is -4.11. The minimum atomic E-state index is -4.15. The zero-order valence-corrected chi connectivity index (χ0v) is 21.2. The fourth-order valence-corrected chi connectivity index (χ4v) is 5.04. The van der Waals surface area contributed by atoms with Gasteiger partial charge < -0.3 is 10.5 Å². The number of carbonyl (C=O) groups excluding carboxylic acids is 1. The Balaban J connectivity index is 1.66. The lowest BCUT2D eigenvalue weighted by Crippen LogP contribution is -2.32. The first-order valence-electron chi connectivity index (χ1n) is 11.4. The number of anilines is 1. The van der Waals surface area contributed by atoms with Crippen LogP contribution >= 0.6 is 0 Å². The van der Waals surface area contributed by atoms with Crippen LogP contribution in [0.1, 0.15) is 38.3 Å². The van der Waals surface area contributed by atoms with Crippen molar-refractivity contribution in [2.45, 2.75) is 38.8 Å². The molecule has 0 unspecified atom stereocenters. The molecule has 0 spiro atoms. The maximum atomic E-state index is 13.2. The van der Waals surface area contributed by atoms with Crippen LogP contribution in [-0.2, 0) is 23.2 Å². The van der Waals surface area contributed by atoms with Crippen LogP contribution in [-0.4, -0.2) is 24.1 Å². The summed E-state index contributed by atoms with van der Waals surface area (Å²) >= 11 is 0. The standard InChI is InChI=1S/C27H28N4O4S/c1-18-12-19(2)24(20(3)13-18)16-31-25(15-26(29-31)35-17-21-8-5-4-6-9-21)27(32)30-36(33,34)23-11-7-10-22(28)14-23/h4-15H,16-17,28H2,1-3H3,(H,30,32). The Morgan fingerprint density at radius 1 is 0.972 bits per heavy atom. The first-order valence-corrected chi connectivity index (χ1v) is 12.8. The summed E-state index contributed by atoms with van der Waals surface area (Å²) in [6.45, 7) is 6.54. The highest BCUT2D eigenvalue weighted by molar-refractivity contribution is 7.90. The summed E-state index contributed by atoms with van der Waals surface area (Å²) in [4.78, 5) is 13.1. The second-order valence-electron chi connectivity index (χ2n) is 8.68.